The van der Waals surface area contributed by atoms with Crippen LogP contribution in [0.4, 0.5) is 13.2 Å². The highest BCUT2D eigenvalue weighted by Crippen LogP contribution is 2.31. The fourth-order valence-electron chi connectivity index (χ4n) is 2.38. The molecule has 0 aliphatic carbocycles. The van der Waals surface area contributed by atoms with Crippen LogP contribution in [0.1, 0.15) is 43.0 Å². The fraction of sp³-hybridized carbons (Fsp3) is 0.500. The maximum absolute atomic E-state index is 12.7. The van der Waals surface area contributed by atoms with Crippen molar-refractivity contribution in [3.8, 4) is 5.75 Å². The third-order valence-corrected chi connectivity index (χ3v) is 4.84. The van der Waals surface area contributed by atoms with Crippen LogP contribution in [-0.4, -0.2) is 41.9 Å². The zero-order chi connectivity index (χ0) is 22.1. The number of ether oxygens (including phenoxy) is 1. The Balaban J connectivity index is 1.85. The molecule has 0 radical (unpaired) electrons. The molecule has 6 nitrogen and oxygen atoms in total. The van der Waals surface area contributed by atoms with Gasteiger partial charge in [-0.05, 0) is 31.0 Å². The summed E-state index contributed by atoms with van der Waals surface area (Å²) in [7, 11) is 0. The maximum Gasteiger partial charge on any atom is 0.416 e. The Hall–Kier alpha value is -2.33. The molecule has 2 aromatic rings. The van der Waals surface area contributed by atoms with E-state index in [-0.39, 0.29) is 18.9 Å². The van der Waals surface area contributed by atoms with Gasteiger partial charge in [0, 0.05) is 18.5 Å². The average molecular weight is 445 g/mol. The van der Waals surface area contributed by atoms with Gasteiger partial charge in [0.25, 0.3) is 0 Å². The van der Waals surface area contributed by atoms with Crippen LogP contribution in [0.5, 0.6) is 5.75 Å². The predicted molar refractivity (Wildman–Crippen MR) is 112 cm³/mol. The molecule has 0 spiro atoms. The van der Waals surface area contributed by atoms with Crippen molar-refractivity contribution >= 4 is 17.3 Å². The van der Waals surface area contributed by atoms with Crippen LogP contribution in [-0.2, 0) is 12.7 Å². The summed E-state index contributed by atoms with van der Waals surface area (Å²) in [6.45, 7) is 7.09. The highest BCUT2D eigenvalue weighted by Gasteiger charge is 2.30. The summed E-state index contributed by atoms with van der Waals surface area (Å²) < 4.78 is 43.5. The molecule has 0 saturated carbocycles. The number of aliphatic hydroxyl groups excluding tert-OH is 1. The molecule has 1 unspecified atom stereocenters. The van der Waals surface area contributed by atoms with Crippen molar-refractivity contribution in [3.05, 3.63) is 45.9 Å². The van der Waals surface area contributed by atoms with Crippen LogP contribution in [0, 0.1) is 0 Å². The summed E-state index contributed by atoms with van der Waals surface area (Å²) in [5.41, 5.74) is 0.238. The number of hydrogen-bond donors (Lipinski definition) is 3. The van der Waals surface area contributed by atoms with Crippen molar-refractivity contribution in [2.75, 3.05) is 19.7 Å². The standard InChI is InChI=1S/C20H27F3N4O2S/c1-4-24-19(26-10-18-27-17(12-30-18)13(2)3)25-9-15(28)11-29-16-7-5-6-14(8-16)20(21,22)23/h5-8,12-13,15,28H,4,9-11H2,1-3H3,(H2,24,25,26). The van der Waals surface area contributed by atoms with E-state index in [0.717, 1.165) is 22.8 Å². The second-order valence-electron chi connectivity index (χ2n) is 6.89. The first-order valence-corrected chi connectivity index (χ1v) is 10.5. The second kappa shape index (κ2) is 11.2. The average Bonchev–Trinajstić information content (AvgIpc) is 3.17. The molecule has 166 valence electrons. The largest absolute Gasteiger partial charge is 0.491 e. The highest BCUT2D eigenvalue weighted by atomic mass is 32.1. The molecule has 0 aliphatic heterocycles. The summed E-state index contributed by atoms with van der Waals surface area (Å²) in [6.07, 6.45) is -5.37. The Bertz CT molecular complexity index is 824. The first-order chi connectivity index (χ1) is 14.2. The molecule has 0 saturated heterocycles. The van der Waals surface area contributed by atoms with Gasteiger partial charge in [0.15, 0.2) is 5.96 Å². The van der Waals surface area contributed by atoms with Gasteiger partial charge in [-0.2, -0.15) is 13.2 Å². The molecule has 0 fully saturated rings. The Labute approximate surface area is 178 Å². The van der Waals surface area contributed by atoms with Gasteiger partial charge < -0.3 is 20.5 Å². The lowest BCUT2D eigenvalue weighted by Gasteiger charge is -2.16. The number of thiazole rings is 1. The first-order valence-electron chi connectivity index (χ1n) is 9.63. The van der Waals surface area contributed by atoms with Crippen molar-refractivity contribution < 1.29 is 23.0 Å². The summed E-state index contributed by atoms with van der Waals surface area (Å²) in [4.78, 5) is 8.98. The van der Waals surface area contributed by atoms with Crippen LogP contribution < -0.4 is 15.4 Å². The number of nitrogens with zero attached hydrogens (tertiary/aromatic N) is 2. The number of aliphatic hydroxyl groups is 1. The van der Waals surface area contributed by atoms with Crippen LogP contribution in [0.3, 0.4) is 0 Å². The van der Waals surface area contributed by atoms with Crippen molar-refractivity contribution in [1.29, 1.82) is 0 Å². The molecule has 3 N–H and O–H groups in total. The van der Waals surface area contributed by atoms with E-state index in [1.54, 1.807) is 11.3 Å². The summed E-state index contributed by atoms with van der Waals surface area (Å²) in [6, 6.07) is 4.56. The Kier molecular flexibility index (Phi) is 8.91. The highest BCUT2D eigenvalue weighted by molar-refractivity contribution is 7.09. The van der Waals surface area contributed by atoms with Gasteiger partial charge in [-0.3, -0.25) is 0 Å². The number of nitrogens with one attached hydrogen (secondary N) is 2. The second-order valence-corrected chi connectivity index (χ2v) is 7.83. The van der Waals surface area contributed by atoms with Crippen LogP contribution in [0.25, 0.3) is 0 Å². The van der Waals surface area contributed by atoms with Gasteiger partial charge in [-0.25, -0.2) is 9.98 Å². The van der Waals surface area contributed by atoms with E-state index in [2.05, 4.69) is 34.5 Å². The maximum atomic E-state index is 12.7. The van der Waals surface area contributed by atoms with Gasteiger partial charge in [0.2, 0.25) is 0 Å². The summed E-state index contributed by atoms with van der Waals surface area (Å²) in [5.74, 6) is 0.920. The van der Waals surface area contributed by atoms with Crippen molar-refractivity contribution in [2.24, 2.45) is 4.99 Å². The van der Waals surface area contributed by atoms with E-state index in [1.165, 1.54) is 12.1 Å². The Morgan fingerprint density at radius 1 is 1.30 bits per heavy atom. The summed E-state index contributed by atoms with van der Waals surface area (Å²) >= 11 is 1.55. The number of halogens is 3. The molecule has 1 atom stereocenters. The normalized spacial score (nSPS) is 13.4. The van der Waals surface area contributed by atoms with Gasteiger partial charge in [0.05, 0.1) is 17.8 Å². The van der Waals surface area contributed by atoms with E-state index in [9.17, 15) is 18.3 Å². The lowest BCUT2D eigenvalue weighted by atomic mass is 10.2. The molecule has 1 heterocycles. The number of benzene rings is 1. The minimum atomic E-state index is -4.44. The number of guanidine groups is 1. The van der Waals surface area contributed by atoms with Gasteiger partial charge >= 0.3 is 6.18 Å². The van der Waals surface area contributed by atoms with Crippen LogP contribution in [0.15, 0.2) is 34.6 Å². The number of rotatable bonds is 9. The number of aliphatic imine (C=N–C) groups is 1. The number of aromatic nitrogens is 1. The SMILES string of the molecule is CCNC(=NCc1nc(C(C)C)cs1)NCC(O)COc1cccc(C(F)(F)F)c1. The topological polar surface area (TPSA) is 78.8 Å². The first kappa shape index (κ1) is 23.9. The van der Waals surface area contributed by atoms with E-state index in [4.69, 9.17) is 4.74 Å². The molecule has 1 aromatic carbocycles. The minimum Gasteiger partial charge on any atom is -0.491 e. The monoisotopic (exact) mass is 444 g/mol. The lowest BCUT2D eigenvalue weighted by molar-refractivity contribution is -0.137. The molecule has 0 amide bonds. The van der Waals surface area contributed by atoms with Crippen molar-refractivity contribution in [2.45, 2.75) is 45.5 Å². The molecule has 2 rings (SSSR count). The van der Waals surface area contributed by atoms with E-state index >= 15 is 0 Å². The molecule has 0 bridgehead atoms. The third kappa shape index (κ3) is 7.83. The zero-order valence-corrected chi connectivity index (χ0v) is 18.0. The van der Waals surface area contributed by atoms with Gasteiger partial charge in [-0.15, -0.1) is 11.3 Å². The fourth-order valence-corrected chi connectivity index (χ4v) is 3.26. The number of hydrogen-bond acceptors (Lipinski definition) is 5. The Morgan fingerprint density at radius 2 is 2.07 bits per heavy atom. The van der Waals surface area contributed by atoms with E-state index in [0.29, 0.717) is 25.0 Å². The lowest BCUT2D eigenvalue weighted by Crippen LogP contribution is -2.42. The molecule has 0 aliphatic rings. The summed E-state index contributed by atoms with van der Waals surface area (Å²) in [5, 5.41) is 19.1. The Morgan fingerprint density at radius 3 is 2.70 bits per heavy atom. The molecule has 1 aromatic heterocycles. The zero-order valence-electron chi connectivity index (χ0n) is 17.2. The van der Waals surface area contributed by atoms with E-state index in [1.807, 2.05) is 12.3 Å². The molecule has 30 heavy (non-hydrogen) atoms. The van der Waals surface area contributed by atoms with Gasteiger partial charge in [0.1, 0.15) is 23.5 Å². The quantitative estimate of drug-likeness (QED) is 0.405. The van der Waals surface area contributed by atoms with Crippen molar-refractivity contribution in [3.63, 3.8) is 0 Å². The van der Waals surface area contributed by atoms with E-state index < -0.39 is 17.8 Å². The molecule has 10 heteroatoms. The van der Waals surface area contributed by atoms with Crippen molar-refractivity contribution in [1.82, 2.24) is 15.6 Å². The number of alkyl halides is 3. The third-order valence-electron chi connectivity index (χ3n) is 3.99. The van der Waals surface area contributed by atoms with Gasteiger partial charge in [-0.1, -0.05) is 19.9 Å². The van der Waals surface area contributed by atoms with Crippen LogP contribution >= 0.6 is 11.3 Å². The molecular formula is C20H27F3N4O2S. The molecular weight excluding hydrogens is 417 g/mol. The predicted octanol–water partition coefficient (Wildman–Crippen LogP) is 3.78. The van der Waals surface area contributed by atoms with Crippen LogP contribution in [0.2, 0.25) is 0 Å². The minimum absolute atomic E-state index is 0.0502. The smallest absolute Gasteiger partial charge is 0.416 e.